The van der Waals surface area contributed by atoms with Gasteiger partial charge in [0, 0.05) is 18.7 Å². The van der Waals surface area contributed by atoms with Crippen LogP contribution in [0, 0.1) is 21.4 Å². The lowest BCUT2D eigenvalue weighted by Crippen LogP contribution is -2.49. The zero-order chi connectivity index (χ0) is 19.7. The van der Waals surface area contributed by atoms with Gasteiger partial charge in [-0.05, 0) is 49.1 Å². The molecule has 0 unspecified atom stereocenters. The number of likely N-dealkylation sites (tertiary alicyclic amines) is 1. The molecular formula is C21H22N4O3. The van der Waals surface area contributed by atoms with E-state index in [1.807, 2.05) is 24.3 Å². The van der Waals surface area contributed by atoms with E-state index in [4.69, 9.17) is 15.7 Å². The largest absolute Gasteiger partial charge is 0.477 e. The maximum Gasteiger partial charge on any atom is 0.312 e. The van der Waals surface area contributed by atoms with Crippen LogP contribution in [0.3, 0.4) is 0 Å². The molecule has 0 aromatic heterocycles. The molecule has 0 spiro atoms. The van der Waals surface area contributed by atoms with Crippen molar-refractivity contribution in [3.05, 3.63) is 69.3 Å². The summed E-state index contributed by atoms with van der Waals surface area (Å²) in [6, 6.07) is 14.6. The summed E-state index contributed by atoms with van der Waals surface area (Å²) in [7, 11) is 0. The second kappa shape index (κ2) is 7.58. The van der Waals surface area contributed by atoms with Crippen LogP contribution in [0.2, 0.25) is 0 Å². The maximum atomic E-state index is 11.5. The van der Waals surface area contributed by atoms with Crippen LogP contribution < -0.4 is 10.5 Å². The van der Waals surface area contributed by atoms with Crippen molar-refractivity contribution < 1.29 is 9.66 Å². The third-order valence-electron chi connectivity index (χ3n) is 5.64. The number of hydrogen-bond donors (Lipinski definition) is 1. The molecule has 1 aliphatic heterocycles. The Balaban J connectivity index is 1.69. The summed E-state index contributed by atoms with van der Waals surface area (Å²) in [6.07, 6.45) is 2.58. The molecule has 144 valence electrons. The van der Waals surface area contributed by atoms with Gasteiger partial charge < -0.3 is 10.5 Å². The number of nitriles is 1. The van der Waals surface area contributed by atoms with Crippen LogP contribution in [0.1, 0.15) is 35.6 Å². The van der Waals surface area contributed by atoms with Crippen LogP contribution in [-0.4, -0.2) is 35.0 Å². The van der Waals surface area contributed by atoms with Crippen molar-refractivity contribution in [1.29, 1.82) is 5.26 Å². The average molecular weight is 378 g/mol. The Kier molecular flexibility index (Phi) is 4.99. The molecule has 2 N–H and O–H groups in total. The number of rotatable bonds is 4. The maximum absolute atomic E-state index is 11.5. The first-order valence-corrected chi connectivity index (χ1v) is 9.49. The molecule has 7 nitrogen and oxygen atoms in total. The summed E-state index contributed by atoms with van der Waals surface area (Å²) in [5.41, 5.74) is 8.51. The van der Waals surface area contributed by atoms with E-state index < -0.39 is 4.92 Å². The SMILES string of the molecule is N#Cc1ccc(O[C@@H]2c3ccccc3C[C@H]2N2CCC[C@H](N)C2)c([N+](=O)[O-])c1. The molecule has 2 aliphatic rings. The molecule has 0 bridgehead atoms. The zero-order valence-electron chi connectivity index (χ0n) is 15.5. The lowest BCUT2D eigenvalue weighted by Gasteiger charge is -2.38. The summed E-state index contributed by atoms with van der Waals surface area (Å²) in [6.45, 7) is 1.75. The molecule has 2 aromatic rings. The van der Waals surface area contributed by atoms with Gasteiger partial charge in [0.2, 0.25) is 0 Å². The van der Waals surface area contributed by atoms with E-state index in [9.17, 15) is 10.1 Å². The van der Waals surface area contributed by atoms with Crippen molar-refractivity contribution in [3.63, 3.8) is 0 Å². The molecule has 7 heteroatoms. The van der Waals surface area contributed by atoms with E-state index in [1.54, 1.807) is 6.07 Å². The van der Waals surface area contributed by atoms with Gasteiger partial charge in [0.05, 0.1) is 22.6 Å². The lowest BCUT2D eigenvalue weighted by atomic mass is 10.0. The molecule has 1 heterocycles. The predicted octanol–water partition coefficient (Wildman–Crippen LogP) is 2.93. The number of nitro benzene ring substituents is 1. The van der Waals surface area contributed by atoms with Crippen molar-refractivity contribution in [2.24, 2.45) is 5.73 Å². The Labute approximate surface area is 163 Å². The van der Waals surface area contributed by atoms with Crippen LogP contribution in [0.15, 0.2) is 42.5 Å². The van der Waals surface area contributed by atoms with Gasteiger partial charge in [-0.15, -0.1) is 0 Å². The highest BCUT2D eigenvalue weighted by Crippen LogP contribution is 2.41. The minimum absolute atomic E-state index is 0.0824. The monoisotopic (exact) mass is 378 g/mol. The molecule has 2 aromatic carbocycles. The van der Waals surface area contributed by atoms with E-state index in [0.717, 1.165) is 37.9 Å². The smallest absolute Gasteiger partial charge is 0.312 e. The van der Waals surface area contributed by atoms with E-state index >= 15 is 0 Å². The van der Waals surface area contributed by atoms with Gasteiger partial charge in [-0.3, -0.25) is 15.0 Å². The second-order valence-corrected chi connectivity index (χ2v) is 7.46. The first-order chi connectivity index (χ1) is 13.6. The van der Waals surface area contributed by atoms with Crippen LogP contribution in [0.4, 0.5) is 5.69 Å². The fourth-order valence-electron chi connectivity index (χ4n) is 4.31. The van der Waals surface area contributed by atoms with Gasteiger partial charge in [-0.25, -0.2) is 0 Å². The molecule has 1 saturated heterocycles. The number of nitrogens with two attached hydrogens (primary N) is 1. The van der Waals surface area contributed by atoms with Crippen LogP contribution in [0.25, 0.3) is 0 Å². The number of fused-ring (bicyclic) bond motifs is 1. The standard InChI is InChI=1S/C21H22N4O3/c22-12-14-7-8-20(18(10-14)25(26)27)28-21-17-6-2-1-4-15(17)11-19(21)24-9-3-5-16(23)13-24/h1-2,4,6-8,10,16,19,21H,3,5,9,11,13,23H2/t16-,19+,21+/m0/s1. The van der Waals surface area contributed by atoms with Crippen molar-refractivity contribution in [3.8, 4) is 11.8 Å². The van der Waals surface area contributed by atoms with Crippen LogP contribution in [0.5, 0.6) is 5.75 Å². The summed E-state index contributed by atoms with van der Waals surface area (Å²) in [4.78, 5) is 13.4. The topological polar surface area (TPSA) is 105 Å². The number of hydrogen-bond acceptors (Lipinski definition) is 6. The molecule has 28 heavy (non-hydrogen) atoms. The minimum atomic E-state index is -0.497. The van der Waals surface area contributed by atoms with Gasteiger partial charge in [-0.2, -0.15) is 5.26 Å². The number of nitrogens with zero attached hydrogens (tertiary/aromatic N) is 3. The zero-order valence-corrected chi connectivity index (χ0v) is 15.5. The van der Waals surface area contributed by atoms with E-state index in [-0.39, 0.29) is 35.2 Å². The van der Waals surface area contributed by atoms with Gasteiger partial charge in [-0.1, -0.05) is 24.3 Å². The molecule has 3 atom stereocenters. The highest BCUT2D eigenvalue weighted by Gasteiger charge is 2.40. The predicted molar refractivity (Wildman–Crippen MR) is 104 cm³/mol. The molecule has 1 fully saturated rings. The van der Waals surface area contributed by atoms with E-state index in [0.29, 0.717) is 0 Å². The molecule has 1 aliphatic carbocycles. The van der Waals surface area contributed by atoms with Crippen molar-refractivity contribution in [2.45, 2.75) is 37.5 Å². The van der Waals surface area contributed by atoms with Gasteiger partial charge in [0.25, 0.3) is 0 Å². The van der Waals surface area contributed by atoms with Gasteiger partial charge in [0.15, 0.2) is 5.75 Å². The third kappa shape index (κ3) is 3.44. The molecule has 0 amide bonds. The van der Waals surface area contributed by atoms with Gasteiger partial charge >= 0.3 is 5.69 Å². The summed E-state index contributed by atoms with van der Waals surface area (Å²) >= 11 is 0. The second-order valence-electron chi connectivity index (χ2n) is 7.46. The Bertz CT molecular complexity index is 939. The fraction of sp³-hybridized carbons (Fsp3) is 0.381. The number of benzene rings is 2. The van der Waals surface area contributed by atoms with Crippen molar-refractivity contribution in [2.75, 3.05) is 13.1 Å². The van der Waals surface area contributed by atoms with E-state index in [2.05, 4.69) is 11.0 Å². The summed E-state index contributed by atoms with van der Waals surface area (Å²) in [5.74, 6) is 0.192. The summed E-state index contributed by atoms with van der Waals surface area (Å²) < 4.78 is 6.26. The Morgan fingerprint density at radius 3 is 2.86 bits per heavy atom. The van der Waals surface area contributed by atoms with Crippen molar-refractivity contribution >= 4 is 5.69 Å². The first kappa shape index (κ1) is 18.4. The lowest BCUT2D eigenvalue weighted by molar-refractivity contribution is -0.386. The van der Waals surface area contributed by atoms with Crippen molar-refractivity contribution in [1.82, 2.24) is 4.90 Å². The molecule has 0 saturated carbocycles. The number of ether oxygens (including phenoxy) is 1. The third-order valence-corrected chi connectivity index (χ3v) is 5.64. The number of nitro groups is 1. The van der Waals surface area contributed by atoms with E-state index in [1.165, 1.54) is 17.7 Å². The Hall–Kier alpha value is -2.95. The molecule has 4 rings (SSSR count). The first-order valence-electron chi connectivity index (χ1n) is 9.49. The van der Waals surface area contributed by atoms with Crippen LogP contribution >= 0.6 is 0 Å². The minimum Gasteiger partial charge on any atom is -0.477 e. The normalized spacial score (nSPS) is 24.4. The average Bonchev–Trinajstić information content (AvgIpc) is 3.07. The highest BCUT2D eigenvalue weighted by molar-refractivity contribution is 5.52. The fourth-order valence-corrected chi connectivity index (χ4v) is 4.31. The molecular weight excluding hydrogens is 356 g/mol. The van der Waals surface area contributed by atoms with Crippen LogP contribution in [-0.2, 0) is 6.42 Å². The molecule has 0 radical (unpaired) electrons. The van der Waals surface area contributed by atoms with Gasteiger partial charge in [0.1, 0.15) is 6.10 Å². The highest BCUT2D eigenvalue weighted by atomic mass is 16.6. The quantitative estimate of drug-likeness (QED) is 0.648. The summed E-state index contributed by atoms with van der Waals surface area (Å²) in [5, 5.41) is 20.6. The Morgan fingerprint density at radius 2 is 2.11 bits per heavy atom. The Morgan fingerprint density at radius 1 is 1.29 bits per heavy atom. The number of piperidine rings is 1.